The van der Waals surface area contributed by atoms with Gasteiger partial charge >= 0.3 is 0 Å². The lowest BCUT2D eigenvalue weighted by Gasteiger charge is -2.29. The number of carbonyl (C=O) groups excluding carboxylic acids is 1. The number of halogens is 1. The van der Waals surface area contributed by atoms with E-state index in [1.54, 1.807) is 6.07 Å². The molecule has 0 spiro atoms. The number of benzene rings is 2. The molecule has 0 amide bonds. The topological polar surface area (TPSA) is 53.8 Å². The number of carbonyl (C=O) groups is 1. The zero-order valence-corrected chi connectivity index (χ0v) is 14.2. The van der Waals surface area contributed by atoms with Crippen LogP contribution in [0.3, 0.4) is 0 Å². The fraction of sp³-hybridized carbons (Fsp3) is 0.227. The van der Waals surface area contributed by atoms with Gasteiger partial charge in [-0.1, -0.05) is 36.4 Å². The van der Waals surface area contributed by atoms with Crippen LogP contribution in [0.5, 0.6) is 0 Å². The largest absolute Gasteiger partial charge is 0.293 e. The van der Waals surface area contributed by atoms with Crippen molar-refractivity contribution in [3.63, 3.8) is 0 Å². The van der Waals surface area contributed by atoms with Crippen LogP contribution in [0.2, 0.25) is 0 Å². The lowest BCUT2D eigenvalue weighted by atomic mass is 9.71. The maximum atomic E-state index is 13.6. The second-order valence-electron chi connectivity index (χ2n) is 6.80. The standard InChI is InChI=1S/C22H17FN2O/c23-19-13-15(9-12-25-19)14-22(10-1-2-11-24)18-8-4-6-16-5-3-7-17(20(16)18)21(22)26/h3-9,12-13H,1-2,10,14H2. The maximum Gasteiger partial charge on any atom is 0.213 e. The summed E-state index contributed by atoms with van der Waals surface area (Å²) in [4.78, 5) is 17.1. The normalized spacial score (nSPS) is 18.2. The fourth-order valence-corrected chi connectivity index (χ4v) is 4.19. The predicted molar refractivity (Wildman–Crippen MR) is 97.3 cm³/mol. The molecule has 26 heavy (non-hydrogen) atoms. The first kappa shape index (κ1) is 16.4. The van der Waals surface area contributed by atoms with Gasteiger partial charge in [0.2, 0.25) is 5.95 Å². The molecule has 3 nitrogen and oxygen atoms in total. The molecule has 4 rings (SSSR count). The second kappa shape index (κ2) is 6.34. The van der Waals surface area contributed by atoms with Crippen molar-refractivity contribution in [3.05, 3.63) is 77.4 Å². The zero-order chi connectivity index (χ0) is 18.1. The van der Waals surface area contributed by atoms with E-state index in [1.807, 2.05) is 36.4 Å². The number of hydrogen-bond acceptors (Lipinski definition) is 3. The third-order valence-electron chi connectivity index (χ3n) is 5.29. The van der Waals surface area contributed by atoms with E-state index in [1.165, 1.54) is 12.3 Å². The summed E-state index contributed by atoms with van der Waals surface area (Å²) in [5.74, 6) is -0.477. The summed E-state index contributed by atoms with van der Waals surface area (Å²) >= 11 is 0. The van der Waals surface area contributed by atoms with E-state index in [4.69, 9.17) is 5.26 Å². The molecule has 1 atom stereocenters. The van der Waals surface area contributed by atoms with Gasteiger partial charge in [0.15, 0.2) is 5.78 Å². The van der Waals surface area contributed by atoms with Crippen LogP contribution >= 0.6 is 0 Å². The van der Waals surface area contributed by atoms with Crippen molar-refractivity contribution in [1.82, 2.24) is 4.98 Å². The molecule has 0 N–H and O–H groups in total. The van der Waals surface area contributed by atoms with Crippen LogP contribution in [0.25, 0.3) is 10.8 Å². The van der Waals surface area contributed by atoms with Crippen molar-refractivity contribution in [2.45, 2.75) is 31.1 Å². The van der Waals surface area contributed by atoms with Crippen LogP contribution in [-0.2, 0) is 11.8 Å². The summed E-state index contributed by atoms with van der Waals surface area (Å²) in [7, 11) is 0. The third kappa shape index (κ3) is 2.48. The van der Waals surface area contributed by atoms with Gasteiger partial charge in [-0.05, 0) is 53.3 Å². The van der Waals surface area contributed by atoms with Gasteiger partial charge < -0.3 is 0 Å². The molecule has 0 aliphatic heterocycles. The monoisotopic (exact) mass is 344 g/mol. The second-order valence-corrected chi connectivity index (χ2v) is 6.80. The molecule has 0 fully saturated rings. The summed E-state index contributed by atoms with van der Waals surface area (Å²) in [6, 6.07) is 17.1. The Bertz CT molecular complexity index is 1050. The minimum atomic E-state index is -0.756. The first-order valence-electron chi connectivity index (χ1n) is 8.70. The van der Waals surface area contributed by atoms with Crippen LogP contribution < -0.4 is 0 Å². The van der Waals surface area contributed by atoms with Gasteiger partial charge in [-0.2, -0.15) is 9.65 Å². The van der Waals surface area contributed by atoms with Crippen molar-refractivity contribution in [2.75, 3.05) is 0 Å². The van der Waals surface area contributed by atoms with E-state index < -0.39 is 11.4 Å². The molecule has 1 heterocycles. The van der Waals surface area contributed by atoms with E-state index in [-0.39, 0.29) is 5.78 Å². The zero-order valence-electron chi connectivity index (χ0n) is 14.2. The molecule has 0 radical (unpaired) electrons. The third-order valence-corrected chi connectivity index (χ3v) is 5.29. The Balaban J connectivity index is 1.88. The van der Waals surface area contributed by atoms with Gasteiger partial charge in [-0.25, -0.2) is 4.98 Å². The molecule has 1 unspecified atom stereocenters. The lowest BCUT2D eigenvalue weighted by Crippen LogP contribution is -2.35. The van der Waals surface area contributed by atoms with Gasteiger partial charge in [-0.3, -0.25) is 4.79 Å². The van der Waals surface area contributed by atoms with E-state index in [2.05, 4.69) is 11.1 Å². The average molecular weight is 344 g/mol. The first-order chi connectivity index (χ1) is 12.7. The van der Waals surface area contributed by atoms with Crippen molar-refractivity contribution in [2.24, 2.45) is 0 Å². The number of rotatable bonds is 5. The quantitative estimate of drug-likeness (QED) is 0.496. The smallest absolute Gasteiger partial charge is 0.213 e. The minimum Gasteiger partial charge on any atom is -0.293 e. The molecule has 3 aromatic rings. The molecular weight excluding hydrogens is 327 g/mol. The summed E-state index contributed by atoms with van der Waals surface area (Å²) in [6.07, 6.45) is 3.43. The number of nitrogens with zero attached hydrogens (tertiary/aromatic N) is 2. The Morgan fingerprint density at radius 2 is 1.96 bits per heavy atom. The van der Waals surface area contributed by atoms with Crippen molar-refractivity contribution in [3.8, 4) is 6.07 Å². The van der Waals surface area contributed by atoms with E-state index in [9.17, 15) is 9.18 Å². The molecule has 1 aliphatic carbocycles. The average Bonchev–Trinajstić information content (AvgIpc) is 2.87. The molecular formula is C22H17FN2O. The highest BCUT2D eigenvalue weighted by Crippen LogP contribution is 2.47. The van der Waals surface area contributed by atoms with E-state index in [0.29, 0.717) is 25.7 Å². The van der Waals surface area contributed by atoms with Gasteiger partial charge in [0.1, 0.15) is 0 Å². The molecule has 0 saturated carbocycles. The number of ketones is 1. The summed E-state index contributed by atoms with van der Waals surface area (Å²) in [5.41, 5.74) is 1.70. The Morgan fingerprint density at radius 1 is 1.15 bits per heavy atom. The molecule has 0 bridgehead atoms. The number of aromatic nitrogens is 1. The molecule has 4 heteroatoms. The van der Waals surface area contributed by atoms with Crippen molar-refractivity contribution in [1.29, 1.82) is 5.26 Å². The van der Waals surface area contributed by atoms with Gasteiger partial charge in [0.05, 0.1) is 11.5 Å². The number of pyridine rings is 1. The molecule has 1 aromatic heterocycles. The maximum absolute atomic E-state index is 13.6. The van der Waals surface area contributed by atoms with E-state index in [0.717, 1.165) is 27.5 Å². The van der Waals surface area contributed by atoms with Crippen LogP contribution in [0, 0.1) is 17.3 Å². The number of hydrogen-bond donors (Lipinski definition) is 0. The Labute approximate surface area is 151 Å². The number of nitriles is 1. The fourth-order valence-electron chi connectivity index (χ4n) is 4.19. The van der Waals surface area contributed by atoms with Crippen LogP contribution in [0.1, 0.15) is 40.7 Å². The van der Waals surface area contributed by atoms with Gasteiger partial charge in [-0.15, -0.1) is 0 Å². The van der Waals surface area contributed by atoms with E-state index >= 15 is 0 Å². The highest BCUT2D eigenvalue weighted by Gasteiger charge is 2.46. The molecule has 1 aliphatic rings. The van der Waals surface area contributed by atoms with Crippen LogP contribution in [0.15, 0.2) is 54.7 Å². The van der Waals surface area contributed by atoms with Crippen LogP contribution in [-0.4, -0.2) is 10.8 Å². The first-order valence-corrected chi connectivity index (χ1v) is 8.70. The van der Waals surface area contributed by atoms with Crippen molar-refractivity contribution < 1.29 is 9.18 Å². The minimum absolute atomic E-state index is 0.0689. The molecule has 128 valence electrons. The predicted octanol–water partition coefficient (Wildman–Crippen LogP) is 4.74. The Hall–Kier alpha value is -3.06. The van der Waals surface area contributed by atoms with Crippen molar-refractivity contribution >= 4 is 16.6 Å². The summed E-state index contributed by atoms with van der Waals surface area (Å²) in [5, 5.41) is 11.0. The molecule has 2 aromatic carbocycles. The SMILES string of the molecule is N#CCCCC1(Cc2ccnc(F)c2)C(=O)c2cccc3cccc1c23. The molecule has 0 saturated heterocycles. The van der Waals surface area contributed by atoms with Gasteiger partial charge in [0, 0.05) is 18.2 Å². The van der Waals surface area contributed by atoms with Gasteiger partial charge in [0.25, 0.3) is 0 Å². The number of unbranched alkanes of at least 4 members (excludes halogenated alkanes) is 1. The number of Topliss-reactive ketones (excluding diaryl/α,β-unsaturated/α-hetero) is 1. The summed E-state index contributed by atoms with van der Waals surface area (Å²) < 4.78 is 13.6. The Kier molecular flexibility index (Phi) is 4.00. The summed E-state index contributed by atoms with van der Waals surface area (Å²) in [6.45, 7) is 0. The highest BCUT2D eigenvalue weighted by molar-refractivity contribution is 6.20. The highest BCUT2D eigenvalue weighted by atomic mass is 19.1. The Morgan fingerprint density at radius 3 is 2.73 bits per heavy atom. The van der Waals surface area contributed by atoms with Crippen LogP contribution in [0.4, 0.5) is 4.39 Å². The lowest BCUT2D eigenvalue weighted by molar-refractivity contribution is 0.0883.